The Bertz CT molecular complexity index is 767. The maximum absolute atomic E-state index is 12.9. The van der Waals surface area contributed by atoms with Gasteiger partial charge >= 0.3 is 5.97 Å². The molecule has 94 valence electrons. The predicted molar refractivity (Wildman–Crippen MR) is 63.1 cm³/mol. The van der Waals surface area contributed by atoms with E-state index in [0.717, 1.165) is 6.20 Å². The van der Waals surface area contributed by atoms with E-state index in [1.807, 2.05) is 0 Å². The number of carboxylic acids is 1. The maximum atomic E-state index is 12.9. The first-order chi connectivity index (χ1) is 9.16. The van der Waals surface area contributed by atoms with Crippen LogP contribution >= 0.6 is 0 Å². The van der Waals surface area contributed by atoms with Gasteiger partial charge < -0.3 is 5.11 Å². The molecule has 3 aromatic heterocycles. The summed E-state index contributed by atoms with van der Waals surface area (Å²) < 4.78 is 14.2. The van der Waals surface area contributed by atoms with E-state index < -0.39 is 11.8 Å². The van der Waals surface area contributed by atoms with Crippen molar-refractivity contribution in [3.8, 4) is 11.4 Å². The quantitative estimate of drug-likeness (QED) is 0.755. The van der Waals surface area contributed by atoms with Crippen molar-refractivity contribution in [2.75, 3.05) is 0 Å². The number of nitrogens with zero attached hydrogens (tertiary/aromatic N) is 4. The molecular weight excluding hydrogens is 251 g/mol. The lowest BCUT2D eigenvalue weighted by Gasteiger charge is -2.03. The van der Waals surface area contributed by atoms with Crippen LogP contribution in [0.25, 0.3) is 17.0 Å². The molecule has 0 atom stereocenters. The molecule has 7 heteroatoms. The second-order valence-electron chi connectivity index (χ2n) is 3.79. The van der Waals surface area contributed by atoms with E-state index in [2.05, 4.69) is 15.1 Å². The highest BCUT2D eigenvalue weighted by Gasteiger charge is 2.15. The minimum atomic E-state index is -1.10. The summed E-state index contributed by atoms with van der Waals surface area (Å²) in [6, 6.07) is 4.40. The predicted octanol–water partition coefficient (Wildman–Crippen LogP) is 1.63. The first-order valence-electron chi connectivity index (χ1n) is 5.35. The van der Waals surface area contributed by atoms with Gasteiger partial charge in [-0.1, -0.05) is 0 Å². The number of pyridine rings is 1. The minimum absolute atomic E-state index is 0.00367. The SMILES string of the molecule is O=C(O)c1cnn2c(-c3ccc(F)cn3)ccnc12. The lowest BCUT2D eigenvalue weighted by Crippen LogP contribution is -2.00. The highest BCUT2D eigenvalue weighted by atomic mass is 19.1. The van der Waals surface area contributed by atoms with E-state index >= 15 is 0 Å². The number of rotatable bonds is 2. The zero-order valence-electron chi connectivity index (χ0n) is 9.49. The van der Waals surface area contributed by atoms with E-state index in [-0.39, 0.29) is 11.2 Å². The molecule has 3 heterocycles. The fraction of sp³-hybridized carbons (Fsp3) is 0. The van der Waals surface area contributed by atoms with Crippen LogP contribution in [0, 0.1) is 5.82 Å². The van der Waals surface area contributed by atoms with Gasteiger partial charge in [0.05, 0.1) is 23.8 Å². The Labute approximate surface area is 106 Å². The Morgan fingerprint density at radius 2 is 2.05 bits per heavy atom. The van der Waals surface area contributed by atoms with E-state index in [1.54, 1.807) is 6.07 Å². The Kier molecular flexibility index (Phi) is 2.45. The summed E-state index contributed by atoms with van der Waals surface area (Å²) in [5.41, 5.74) is 1.24. The number of aromatic carboxylic acids is 1. The van der Waals surface area contributed by atoms with Crippen molar-refractivity contribution in [1.29, 1.82) is 0 Å². The van der Waals surface area contributed by atoms with Gasteiger partial charge in [0.25, 0.3) is 0 Å². The molecular formula is C12H7FN4O2. The average Bonchev–Trinajstić information content (AvgIpc) is 2.83. The first-order valence-corrected chi connectivity index (χ1v) is 5.35. The van der Waals surface area contributed by atoms with Crippen LogP contribution < -0.4 is 0 Å². The lowest BCUT2D eigenvalue weighted by atomic mass is 10.2. The summed E-state index contributed by atoms with van der Waals surface area (Å²) >= 11 is 0. The van der Waals surface area contributed by atoms with Gasteiger partial charge in [0, 0.05) is 6.20 Å². The summed E-state index contributed by atoms with van der Waals surface area (Å²) in [6.07, 6.45) is 3.77. The Morgan fingerprint density at radius 3 is 2.74 bits per heavy atom. The summed E-state index contributed by atoms with van der Waals surface area (Å²) in [4.78, 5) is 18.9. The number of aromatic nitrogens is 4. The van der Waals surface area contributed by atoms with Gasteiger partial charge in [0.2, 0.25) is 0 Å². The van der Waals surface area contributed by atoms with Crippen molar-refractivity contribution in [3.63, 3.8) is 0 Å². The lowest BCUT2D eigenvalue weighted by molar-refractivity contribution is 0.0699. The molecule has 0 aliphatic carbocycles. The number of fused-ring (bicyclic) bond motifs is 1. The van der Waals surface area contributed by atoms with Crippen molar-refractivity contribution < 1.29 is 14.3 Å². The number of hydrogen-bond donors (Lipinski definition) is 1. The average molecular weight is 258 g/mol. The van der Waals surface area contributed by atoms with Crippen molar-refractivity contribution in [2.24, 2.45) is 0 Å². The van der Waals surface area contributed by atoms with Crippen molar-refractivity contribution >= 4 is 11.6 Å². The van der Waals surface area contributed by atoms with Crippen LogP contribution in [0.1, 0.15) is 10.4 Å². The molecule has 0 aliphatic heterocycles. The summed E-state index contributed by atoms with van der Waals surface area (Å²) in [6.45, 7) is 0. The Hall–Kier alpha value is -2.83. The molecule has 19 heavy (non-hydrogen) atoms. The molecule has 0 amide bonds. The summed E-state index contributed by atoms with van der Waals surface area (Å²) in [7, 11) is 0. The third kappa shape index (κ3) is 1.81. The van der Waals surface area contributed by atoms with Crippen molar-refractivity contribution in [1.82, 2.24) is 19.6 Å². The molecule has 0 saturated carbocycles. The number of hydrogen-bond acceptors (Lipinski definition) is 4. The topological polar surface area (TPSA) is 80.4 Å². The van der Waals surface area contributed by atoms with Gasteiger partial charge in [0.15, 0.2) is 5.65 Å². The Morgan fingerprint density at radius 1 is 1.21 bits per heavy atom. The maximum Gasteiger partial charge on any atom is 0.341 e. The number of halogens is 1. The van der Waals surface area contributed by atoms with Crippen LogP contribution in [0.4, 0.5) is 4.39 Å². The molecule has 0 aromatic carbocycles. The van der Waals surface area contributed by atoms with Crippen LogP contribution in [0.2, 0.25) is 0 Å². The van der Waals surface area contributed by atoms with Gasteiger partial charge in [-0.15, -0.1) is 0 Å². The normalized spacial score (nSPS) is 10.8. The van der Waals surface area contributed by atoms with Crippen LogP contribution in [-0.2, 0) is 0 Å². The molecule has 6 nitrogen and oxygen atoms in total. The molecule has 0 radical (unpaired) electrons. The van der Waals surface area contributed by atoms with E-state index in [1.165, 1.54) is 29.0 Å². The minimum Gasteiger partial charge on any atom is -0.477 e. The van der Waals surface area contributed by atoms with Gasteiger partial charge in [0.1, 0.15) is 11.4 Å². The molecule has 0 aliphatic rings. The first kappa shape index (κ1) is 11.3. The summed E-state index contributed by atoms with van der Waals surface area (Å²) in [5.74, 6) is -1.55. The fourth-order valence-electron chi connectivity index (χ4n) is 1.76. The van der Waals surface area contributed by atoms with Crippen LogP contribution in [0.5, 0.6) is 0 Å². The van der Waals surface area contributed by atoms with Gasteiger partial charge in [-0.2, -0.15) is 5.10 Å². The molecule has 3 rings (SSSR count). The monoisotopic (exact) mass is 258 g/mol. The zero-order valence-corrected chi connectivity index (χ0v) is 9.49. The standard InChI is InChI=1S/C12H7FN4O2/c13-7-1-2-9(15-5-7)10-3-4-14-11-8(12(18)19)6-16-17(10)11/h1-6H,(H,18,19). The molecule has 0 spiro atoms. The second-order valence-corrected chi connectivity index (χ2v) is 3.79. The van der Waals surface area contributed by atoms with Crippen molar-refractivity contribution in [2.45, 2.75) is 0 Å². The van der Waals surface area contributed by atoms with Gasteiger partial charge in [-0.05, 0) is 18.2 Å². The highest BCUT2D eigenvalue weighted by Crippen LogP contribution is 2.19. The van der Waals surface area contributed by atoms with Crippen LogP contribution in [-0.4, -0.2) is 30.7 Å². The van der Waals surface area contributed by atoms with Crippen molar-refractivity contribution in [3.05, 3.63) is 48.2 Å². The molecule has 3 aromatic rings. The third-order valence-electron chi connectivity index (χ3n) is 2.62. The molecule has 0 unspecified atom stereocenters. The third-order valence-corrected chi connectivity index (χ3v) is 2.62. The van der Waals surface area contributed by atoms with E-state index in [9.17, 15) is 9.18 Å². The fourth-order valence-corrected chi connectivity index (χ4v) is 1.76. The molecule has 0 fully saturated rings. The zero-order chi connectivity index (χ0) is 13.4. The summed E-state index contributed by atoms with van der Waals surface area (Å²) in [5, 5.41) is 13.0. The van der Waals surface area contributed by atoms with Gasteiger partial charge in [-0.3, -0.25) is 4.98 Å². The van der Waals surface area contributed by atoms with E-state index in [4.69, 9.17) is 5.11 Å². The number of carbonyl (C=O) groups is 1. The van der Waals surface area contributed by atoms with E-state index in [0.29, 0.717) is 11.4 Å². The molecule has 0 bridgehead atoms. The Balaban J connectivity index is 2.25. The largest absolute Gasteiger partial charge is 0.477 e. The molecule has 1 N–H and O–H groups in total. The number of carboxylic acid groups (broad SMARTS) is 1. The molecule has 0 saturated heterocycles. The highest BCUT2D eigenvalue weighted by molar-refractivity contribution is 5.94. The second kappa shape index (κ2) is 4.13. The van der Waals surface area contributed by atoms with Crippen LogP contribution in [0.3, 0.4) is 0 Å². The van der Waals surface area contributed by atoms with Gasteiger partial charge in [-0.25, -0.2) is 18.7 Å². The smallest absolute Gasteiger partial charge is 0.341 e. The van der Waals surface area contributed by atoms with Crippen LogP contribution in [0.15, 0.2) is 36.8 Å².